The predicted octanol–water partition coefficient (Wildman–Crippen LogP) is 2.15. The maximum Gasteiger partial charge on any atom is 0.245 e. The summed E-state index contributed by atoms with van der Waals surface area (Å²) in [4.78, 5) is 29.3. The molecule has 0 bridgehead atoms. The second-order valence-electron chi connectivity index (χ2n) is 7.83. The van der Waals surface area contributed by atoms with Crippen LogP contribution in [0.2, 0.25) is 0 Å². The number of guanidine groups is 1. The van der Waals surface area contributed by atoms with Crippen molar-refractivity contribution in [2.24, 2.45) is 16.6 Å². The summed E-state index contributed by atoms with van der Waals surface area (Å²) in [5, 5.41) is 5.62. The molecule has 2 amide bonds. The number of nitrogens with zero attached hydrogens (tertiary/aromatic N) is 1. The first-order valence-electron chi connectivity index (χ1n) is 10.5. The van der Waals surface area contributed by atoms with Crippen molar-refractivity contribution in [3.63, 3.8) is 0 Å². The zero-order chi connectivity index (χ0) is 22.1. The number of methoxy groups -OCH3 is 2. The molecular weight excluding hydrogens is 384 g/mol. The Hall–Kier alpha value is -2.77. The van der Waals surface area contributed by atoms with E-state index in [-0.39, 0.29) is 30.2 Å². The van der Waals surface area contributed by atoms with Gasteiger partial charge in [0.15, 0.2) is 17.5 Å². The van der Waals surface area contributed by atoms with Crippen LogP contribution in [0.25, 0.3) is 0 Å². The number of amides is 2. The van der Waals surface area contributed by atoms with Crippen LogP contribution in [0.5, 0.6) is 11.5 Å². The first-order valence-corrected chi connectivity index (χ1v) is 10.5. The van der Waals surface area contributed by atoms with Crippen LogP contribution in [0, 0.1) is 5.92 Å². The molecule has 1 fully saturated rings. The minimum absolute atomic E-state index is 0.0439. The number of hydrogen-bond acceptors (Lipinski definition) is 5. The molecule has 0 saturated heterocycles. The SMILES string of the molecule is CCC(C)C[C@@H](N=C(N)NC(=O)Cc1ccc(OC)c(OC)c1)C(=O)NC1CCC1. The van der Waals surface area contributed by atoms with Gasteiger partial charge in [0.25, 0.3) is 0 Å². The van der Waals surface area contributed by atoms with Crippen LogP contribution in [0.15, 0.2) is 23.2 Å². The maximum atomic E-state index is 12.6. The van der Waals surface area contributed by atoms with Gasteiger partial charge in [0, 0.05) is 6.04 Å². The van der Waals surface area contributed by atoms with Crippen LogP contribution in [0.4, 0.5) is 0 Å². The Labute approximate surface area is 178 Å². The second-order valence-corrected chi connectivity index (χ2v) is 7.83. The summed E-state index contributed by atoms with van der Waals surface area (Å²) in [6, 6.07) is 4.89. The van der Waals surface area contributed by atoms with Crippen molar-refractivity contribution in [2.45, 2.75) is 64.5 Å². The summed E-state index contributed by atoms with van der Waals surface area (Å²) < 4.78 is 10.5. The Morgan fingerprint density at radius 2 is 1.93 bits per heavy atom. The van der Waals surface area contributed by atoms with E-state index in [1.54, 1.807) is 32.4 Å². The fourth-order valence-electron chi connectivity index (χ4n) is 3.18. The quantitative estimate of drug-likeness (QED) is 0.398. The van der Waals surface area contributed by atoms with Crippen LogP contribution >= 0.6 is 0 Å². The zero-order valence-corrected chi connectivity index (χ0v) is 18.4. The smallest absolute Gasteiger partial charge is 0.245 e. The molecule has 1 saturated carbocycles. The molecule has 1 aliphatic rings. The minimum atomic E-state index is -0.609. The molecule has 0 radical (unpaired) electrons. The van der Waals surface area contributed by atoms with Crippen LogP contribution in [0.3, 0.4) is 0 Å². The molecule has 4 N–H and O–H groups in total. The predicted molar refractivity (Wildman–Crippen MR) is 117 cm³/mol. The van der Waals surface area contributed by atoms with Gasteiger partial charge in [-0.25, -0.2) is 4.99 Å². The topological polar surface area (TPSA) is 115 Å². The van der Waals surface area contributed by atoms with Crippen molar-refractivity contribution in [1.29, 1.82) is 0 Å². The molecule has 1 aliphatic carbocycles. The molecule has 2 rings (SSSR count). The van der Waals surface area contributed by atoms with Gasteiger partial charge in [0.05, 0.1) is 20.6 Å². The Morgan fingerprint density at radius 1 is 1.23 bits per heavy atom. The lowest BCUT2D eigenvalue weighted by Crippen LogP contribution is -2.46. The molecule has 1 unspecified atom stereocenters. The molecule has 0 heterocycles. The Morgan fingerprint density at radius 3 is 2.50 bits per heavy atom. The zero-order valence-electron chi connectivity index (χ0n) is 18.4. The van der Waals surface area contributed by atoms with Gasteiger partial charge in [-0.3, -0.25) is 14.9 Å². The number of hydrogen-bond donors (Lipinski definition) is 3. The molecule has 166 valence electrons. The normalized spacial score (nSPS) is 16.2. The first kappa shape index (κ1) is 23.5. The van der Waals surface area contributed by atoms with E-state index >= 15 is 0 Å². The van der Waals surface area contributed by atoms with Crippen LogP contribution in [0.1, 0.15) is 51.5 Å². The summed E-state index contributed by atoms with van der Waals surface area (Å²) in [6.07, 6.45) is 4.77. The van der Waals surface area contributed by atoms with Gasteiger partial charge in [-0.15, -0.1) is 0 Å². The third kappa shape index (κ3) is 6.93. The standard InChI is InChI=1S/C22H34N4O4/c1-5-14(2)11-17(21(28)24-16-7-6-8-16)25-22(23)26-20(27)13-15-9-10-18(29-3)19(12-15)30-4/h9-10,12,14,16-17H,5-8,11,13H2,1-4H3,(H,24,28)(H3,23,25,26,27)/t14?,17-/m1/s1. The highest BCUT2D eigenvalue weighted by Gasteiger charge is 2.26. The van der Waals surface area contributed by atoms with Gasteiger partial charge in [0.2, 0.25) is 11.8 Å². The lowest BCUT2D eigenvalue weighted by atomic mass is 9.92. The average Bonchev–Trinajstić information content (AvgIpc) is 2.69. The van der Waals surface area contributed by atoms with E-state index in [2.05, 4.69) is 29.5 Å². The number of aliphatic imine (C=N–C) groups is 1. The monoisotopic (exact) mass is 418 g/mol. The number of nitrogens with two attached hydrogens (primary N) is 1. The van der Waals surface area contributed by atoms with Crippen LogP contribution in [-0.4, -0.2) is 44.1 Å². The van der Waals surface area contributed by atoms with Gasteiger partial charge < -0.3 is 20.5 Å². The Bertz CT molecular complexity index is 762. The van der Waals surface area contributed by atoms with Crippen molar-refractivity contribution < 1.29 is 19.1 Å². The van der Waals surface area contributed by atoms with Crippen molar-refractivity contribution >= 4 is 17.8 Å². The van der Waals surface area contributed by atoms with Gasteiger partial charge >= 0.3 is 0 Å². The second kappa shape index (κ2) is 11.4. The summed E-state index contributed by atoms with van der Waals surface area (Å²) in [5.74, 6) is 0.972. The highest BCUT2D eigenvalue weighted by molar-refractivity contribution is 5.98. The minimum Gasteiger partial charge on any atom is -0.493 e. The van der Waals surface area contributed by atoms with E-state index in [4.69, 9.17) is 15.2 Å². The summed E-state index contributed by atoms with van der Waals surface area (Å²) in [6.45, 7) is 4.15. The molecule has 0 aromatic heterocycles. The molecule has 1 aromatic carbocycles. The van der Waals surface area contributed by atoms with E-state index in [1.807, 2.05) is 0 Å². The number of nitrogens with one attached hydrogen (secondary N) is 2. The van der Waals surface area contributed by atoms with Gasteiger partial charge in [-0.2, -0.15) is 0 Å². The van der Waals surface area contributed by atoms with Crippen LogP contribution in [-0.2, 0) is 16.0 Å². The molecule has 30 heavy (non-hydrogen) atoms. The molecule has 1 aromatic rings. The van der Waals surface area contributed by atoms with E-state index in [0.717, 1.165) is 31.2 Å². The number of rotatable bonds is 10. The van der Waals surface area contributed by atoms with Gasteiger partial charge in [-0.1, -0.05) is 26.3 Å². The third-order valence-electron chi connectivity index (χ3n) is 5.45. The number of carbonyl (C=O) groups is 2. The molecular formula is C22H34N4O4. The van der Waals surface area contributed by atoms with E-state index < -0.39 is 6.04 Å². The first-order chi connectivity index (χ1) is 14.4. The average molecular weight is 419 g/mol. The molecule has 0 spiro atoms. The highest BCUT2D eigenvalue weighted by atomic mass is 16.5. The van der Waals surface area contributed by atoms with E-state index in [9.17, 15) is 9.59 Å². The van der Waals surface area contributed by atoms with E-state index in [0.29, 0.717) is 23.8 Å². The van der Waals surface area contributed by atoms with Crippen molar-refractivity contribution in [2.75, 3.05) is 14.2 Å². The van der Waals surface area contributed by atoms with Crippen molar-refractivity contribution in [3.8, 4) is 11.5 Å². The van der Waals surface area contributed by atoms with Crippen molar-refractivity contribution in [1.82, 2.24) is 10.6 Å². The maximum absolute atomic E-state index is 12.6. The largest absolute Gasteiger partial charge is 0.493 e. The molecule has 8 heteroatoms. The number of benzene rings is 1. The number of carbonyl (C=O) groups excluding carboxylic acids is 2. The summed E-state index contributed by atoms with van der Waals surface area (Å²) in [7, 11) is 3.09. The molecule has 8 nitrogen and oxygen atoms in total. The summed E-state index contributed by atoms with van der Waals surface area (Å²) in [5.41, 5.74) is 6.70. The van der Waals surface area contributed by atoms with E-state index in [1.165, 1.54) is 0 Å². The highest BCUT2D eigenvalue weighted by Crippen LogP contribution is 2.27. The Kier molecular flexibility index (Phi) is 8.95. The Balaban J connectivity index is 2.01. The van der Waals surface area contributed by atoms with Gasteiger partial charge in [-0.05, 0) is 49.3 Å². The third-order valence-corrected chi connectivity index (χ3v) is 5.45. The number of ether oxygens (including phenoxy) is 2. The lowest BCUT2D eigenvalue weighted by molar-refractivity contribution is -0.124. The fourth-order valence-corrected chi connectivity index (χ4v) is 3.18. The lowest BCUT2D eigenvalue weighted by Gasteiger charge is -2.28. The van der Waals surface area contributed by atoms with Crippen LogP contribution < -0.4 is 25.8 Å². The van der Waals surface area contributed by atoms with Gasteiger partial charge in [0.1, 0.15) is 6.04 Å². The molecule has 2 atom stereocenters. The molecule has 0 aliphatic heterocycles. The summed E-state index contributed by atoms with van der Waals surface area (Å²) >= 11 is 0. The fraction of sp³-hybridized carbons (Fsp3) is 0.591. The van der Waals surface area contributed by atoms with Crippen molar-refractivity contribution in [3.05, 3.63) is 23.8 Å².